The number of carbonyl (C=O) groups is 1. The molecule has 8 heteroatoms. The second-order valence-electron chi connectivity index (χ2n) is 7.60. The van der Waals surface area contributed by atoms with Crippen LogP contribution in [0.2, 0.25) is 0 Å². The van der Waals surface area contributed by atoms with E-state index >= 15 is 0 Å². The van der Waals surface area contributed by atoms with E-state index in [0.29, 0.717) is 16.0 Å². The predicted octanol–water partition coefficient (Wildman–Crippen LogP) is 4.10. The Hall–Kier alpha value is -3.52. The number of hydrogen-bond donors (Lipinski definition) is 2. The Bertz CT molecular complexity index is 1380. The first-order chi connectivity index (χ1) is 15.5. The van der Waals surface area contributed by atoms with Crippen molar-refractivity contribution in [3.8, 4) is 11.3 Å². The second kappa shape index (κ2) is 9.32. The Morgan fingerprint density at radius 3 is 2.62 bits per heavy atom. The minimum atomic E-state index is -0.527. The summed E-state index contributed by atoms with van der Waals surface area (Å²) in [5, 5.41) is 3.78. The molecular weight excluding hydrogens is 424 g/mol. The van der Waals surface area contributed by atoms with Crippen LogP contribution in [-0.4, -0.2) is 20.4 Å². The molecule has 0 fully saturated rings. The third-order valence-electron chi connectivity index (χ3n) is 5.28. The highest BCUT2D eigenvalue weighted by molar-refractivity contribution is 7.16. The largest absolute Gasteiger partial charge is 0.328 e. The number of rotatable bonds is 7. The van der Waals surface area contributed by atoms with Gasteiger partial charge in [-0.15, -0.1) is 11.3 Å². The number of para-hydroxylation sites is 1. The molecule has 4 rings (SSSR count). The van der Waals surface area contributed by atoms with E-state index in [0.717, 1.165) is 29.0 Å². The molecule has 2 N–H and O–H groups in total. The molecule has 2 heterocycles. The topological polar surface area (TPSA) is 96.8 Å². The summed E-state index contributed by atoms with van der Waals surface area (Å²) in [6, 6.07) is 15.2. The summed E-state index contributed by atoms with van der Waals surface area (Å²) in [5.41, 5.74) is 2.72. The highest BCUT2D eigenvalue weighted by Gasteiger charge is 2.13. The van der Waals surface area contributed by atoms with Crippen molar-refractivity contribution in [1.29, 1.82) is 0 Å². The van der Waals surface area contributed by atoms with Gasteiger partial charge in [-0.05, 0) is 31.0 Å². The zero-order valence-corrected chi connectivity index (χ0v) is 18.8. The third-order valence-corrected chi connectivity index (χ3v) is 6.16. The summed E-state index contributed by atoms with van der Waals surface area (Å²) in [4.78, 5) is 44.7. The molecule has 0 aliphatic carbocycles. The number of thiazole rings is 1. The number of aromatic nitrogens is 3. The summed E-state index contributed by atoms with van der Waals surface area (Å²) in [6.07, 6.45) is 2.23. The van der Waals surface area contributed by atoms with E-state index < -0.39 is 11.2 Å². The smallest absolute Gasteiger partial charge is 0.302 e. The van der Waals surface area contributed by atoms with Crippen LogP contribution in [-0.2, 0) is 17.8 Å². The van der Waals surface area contributed by atoms with Crippen molar-refractivity contribution in [2.24, 2.45) is 0 Å². The van der Waals surface area contributed by atoms with Crippen molar-refractivity contribution in [2.45, 2.75) is 39.7 Å². The van der Waals surface area contributed by atoms with E-state index in [1.54, 1.807) is 24.3 Å². The van der Waals surface area contributed by atoms with E-state index in [1.807, 2.05) is 6.92 Å². The van der Waals surface area contributed by atoms with Gasteiger partial charge in [-0.2, -0.15) is 0 Å². The Balaban J connectivity index is 1.47. The normalized spacial score (nSPS) is 11.1. The van der Waals surface area contributed by atoms with Gasteiger partial charge in [0, 0.05) is 23.4 Å². The van der Waals surface area contributed by atoms with Crippen molar-refractivity contribution in [2.75, 3.05) is 5.32 Å². The fourth-order valence-corrected chi connectivity index (χ4v) is 4.55. The highest BCUT2D eigenvalue weighted by Crippen LogP contribution is 2.30. The molecule has 32 heavy (non-hydrogen) atoms. The van der Waals surface area contributed by atoms with Gasteiger partial charge in [0.25, 0.3) is 5.56 Å². The number of aryl methyl sites for hydroxylation is 3. The van der Waals surface area contributed by atoms with Crippen LogP contribution >= 0.6 is 11.3 Å². The lowest BCUT2D eigenvalue weighted by Crippen LogP contribution is -2.31. The zero-order valence-electron chi connectivity index (χ0n) is 18.0. The SMILES string of the molecule is CCCc1ccc(-c2nc(NC(=O)CCn3c(=O)[nH]c(=O)c4ccccc43)sc2C)cc1. The lowest BCUT2D eigenvalue weighted by Gasteiger charge is -2.09. The van der Waals surface area contributed by atoms with Gasteiger partial charge >= 0.3 is 5.69 Å². The molecule has 1 amide bonds. The van der Waals surface area contributed by atoms with Crippen LogP contribution in [0.4, 0.5) is 5.13 Å². The van der Waals surface area contributed by atoms with Crippen LogP contribution in [0.25, 0.3) is 22.2 Å². The van der Waals surface area contributed by atoms with Crippen LogP contribution in [0.3, 0.4) is 0 Å². The molecule has 0 radical (unpaired) electrons. The number of aromatic amines is 1. The number of nitrogens with zero attached hydrogens (tertiary/aromatic N) is 2. The van der Waals surface area contributed by atoms with E-state index in [1.165, 1.54) is 21.5 Å². The second-order valence-corrected chi connectivity index (χ2v) is 8.80. The van der Waals surface area contributed by atoms with Gasteiger partial charge in [-0.25, -0.2) is 9.78 Å². The number of amides is 1. The average molecular weight is 449 g/mol. The highest BCUT2D eigenvalue weighted by atomic mass is 32.1. The Morgan fingerprint density at radius 2 is 1.88 bits per heavy atom. The van der Waals surface area contributed by atoms with Crippen molar-refractivity contribution in [3.05, 3.63) is 79.8 Å². The van der Waals surface area contributed by atoms with Gasteiger partial charge in [-0.1, -0.05) is 49.7 Å². The molecule has 7 nitrogen and oxygen atoms in total. The molecule has 0 aliphatic rings. The molecule has 2 aromatic carbocycles. The summed E-state index contributed by atoms with van der Waals surface area (Å²) < 4.78 is 1.41. The third kappa shape index (κ3) is 4.55. The number of fused-ring (bicyclic) bond motifs is 1. The molecule has 2 aromatic heterocycles. The fourth-order valence-electron chi connectivity index (χ4n) is 3.70. The number of H-pyrrole nitrogens is 1. The molecule has 164 valence electrons. The van der Waals surface area contributed by atoms with Gasteiger partial charge in [0.05, 0.1) is 16.6 Å². The maximum Gasteiger partial charge on any atom is 0.328 e. The minimum Gasteiger partial charge on any atom is -0.302 e. The molecule has 4 aromatic rings. The van der Waals surface area contributed by atoms with Crippen LogP contribution < -0.4 is 16.6 Å². The van der Waals surface area contributed by atoms with Gasteiger partial charge in [-0.3, -0.25) is 19.1 Å². The fraction of sp³-hybridized carbons (Fsp3) is 0.250. The van der Waals surface area contributed by atoms with Crippen molar-refractivity contribution >= 4 is 33.3 Å². The molecule has 0 aliphatic heterocycles. The Morgan fingerprint density at radius 1 is 1.12 bits per heavy atom. The number of nitrogens with one attached hydrogen (secondary N) is 2. The number of carbonyl (C=O) groups excluding carboxylic acids is 1. The maximum atomic E-state index is 12.5. The maximum absolute atomic E-state index is 12.5. The average Bonchev–Trinajstić information content (AvgIpc) is 3.14. The van der Waals surface area contributed by atoms with E-state index in [4.69, 9.17) is 0 Å². The number of anilines is 1. The summed E-state index contributed by atoms with van der Waals surface area (Å²) in [7, 11) is 0. The Kier molecular flexibility index (Phi) is 6.32. The van der Waals surface area contributed by atoms with Gasteiger partial charge in [0.2, 0.25) is 5.91 Å². The predicted molar refractivity (Wildman–Crippen MR) is 128 cm³/mol. The first kappa shape index (κ1) is 21.7. The molecule has 0 unspecified atom stereocenters. The van der Waals surface area contributed by atoms with Crippen LogP contribution in [0.1, 0.15) is 30.2 Å². The quantitative estimate of drug-likeness (QED) is 0.445. The van der Waals surface area contributed by atoms with Crippen molar-refractivity contribution in [3.63, 3.8) is 0 Å². The Labute approximate surface area is 188 Å². The van der Waals surface area contributed by atoms with Gasteiger partial charge in [0.1, 0.15) is 0 Å². The molecule has 0 saturated carbocycles. The van der Waals surface area contributed by atoms with Crippen LogP contribution in [0, 0.1) is 6.92 Å². The molecule has 0 bridgehead atoms. The summed E-state index contributed by atoms with van der Waals surface area (Å²) in [5.74, 6) is -0.245. The molecule has 0 saturated heterocycles. The lowest BCUT2D eigenvalue weighted by atomic mass is 10.1. The van der Waals surface area contributed by atoms with E-state index in [9.17, 15) is 14.4 Å². The molecule has 0 atom stereocenters. The monoisotopic (exact) mass is 448 g/mol. The zero-order chi connectivity index (χ0) is 22.7. The standard InChI is InChI=1S/C24H24N4O3S/c1-3-6-16-9-11-17(12-10-16)21-15(2)32-23(26-21)25-20(29)13-14-28-19-8-5-4-7-18(19)22(30)27-24(28)31/h4-5,7-12H,3,6,13-14H2,1-2H3,(H,25,26,29)(H,27,30,31). The van der Waals surface area contributed by atoms with Crippen molar-refractivity contribution < 1.29 is 4.79 Å². The summed E-state index contributed by atoms with van der Waals surface area (Å²) in [6.45, 7) is 4.29. The first-order valence-corrected chi connectivity index (χ1v) is 11.4. The van der Waals surface area contributed by atoms with Gasteiger partial charge in [0.15, 0.2) is 5.13 Å². The van der Waals surface area contributed by atoms with E-state index in [-0.39, 0.29) is 18.9 Å². The van der Waals surface area contributed by atoms with Crippen LogP contribution in [0.15, 0.2) is 58.1 Å². The minimum absolute atomic E-state index is 0.0790. The van der Waals surface area contributed by atoms with Gasteiger partial charge < -0.3 is 5.32 Å². The summed E-state index contributed by atoms with van der Waals surface area (Å²) >= 11 is 1.42. The van der Waals surface area contributed by atoms with Crippen LogP contribution in [0.5, 0.6) is 0 Å². The number of hydrogen-bond acceptors (Lipinski definition) is 5. The van der Waals surface area contributed by atoms with E-state index in [2.05, 4.69) is 46.5 Å². The number of benzene rings is 2. The lowest BCUT2D eigenvalue weighted by molar-refractivity contribution is -0.116. The first-order valence-electron chi connectivity index (χ1n) is 10.5. The molecular formula is C24H24N4O3S. The molecule has 0 spiro atoms. The van der Waals surface area contributed by atoms with Crippen molar-refractivity contribution in [1.82, 2.24) is 14.5 Å².